The van der Waals surface area contributed by atoms with Gasteiger partial charge in [-0.25, -0.2) is 13.2 Å². The summed E-state index contributed by atoms with van der Waals surface area (Å²) in [4.78, 5) is 11.9. The van der Waals surface area contributed by atoms with Crippen LogP contribution in [0.15, 0.2) is 11.0 Å². The Morgan fingerprint density at radius 1 is 1.42 bits per heavy atom. The number of sulfonamides is 1. The second-order valence-electron chi connectivity index (χ2n) is 6.54. The van der Waals surface area contributed by atoms with Crippen molar-refractivity contribution in [3.05, 3.63) is 14.7 Å². The monoisotopic (exact) mass is 414 g/mol. The summed E-state index contributed by atoms with van der Waals surface area (Å²) in [6.07, 6.45) is 0.766. The molecule has 0 bridgehead atoms. The number of nitrogens with one attached hydrogen (secondary N) is 1. The van der Waals surface area contributed by atoms with Crippen molar-refractivity contribution in [2.75, 3.05) is 13.1 Å². The average molecular weight is 415 g/mol. The van der Waals surface area contributed by atoms with Gasteiger partial charge in [0.2, 0.25) is 10.0 Å². The lowest BCUT2D eigenvalue weighted by Crippen LogP contribution is -2.50. The fraction of sp³-hybridized carbons (Fsp3) is 0.643. The molecule has 1 aliphatic heterocycles. The van der Waals surface area contributed by atoms with Gasteiger partial charge in [-0.05, 0) is 39.7 Å². The van der Waals surface area contributed by atoms with Crippen molar-refractivity contribution < 1.29 is 17.9 Å². The van der Waals surface area contributed by atoms with Crippen LogP contribution < -0.4 is 5.32 Å². The zero-order valence-electron chi connectivity index (χ0n) is 13.6. The molecular weight excluding hydrogens is 395 g/mol. The van der Waals surface area contributed by atoms with Gasteiger partial charge in [0, 0.05) is 19.1 Å². The van der Waals surface area contributed by atoms with Gasteiger partial charge in [0.05, 0.1) is 4.34 Å². The van der Waals surface area contributed by atoms with E-state index in [9.17, 15) is 13.2 Å². The van der Waals surface area contributed by atoms with Gasteiger partial charge in [0.1, 0.15) is 14.8 Å². The van der Waals surface area contributed by atoms with Gasteiger partial charge >= 0.3 is 6.09 Å². The van der Waals surface area contributed by atoms with E-state index in [1.54, 1.807) is 20.8 Å². The third kappa shape index (κ3) is 4.98. The van der Waals surface area contributed by atoms with E-state index in [4.69, 9.17) is 27.9 Å². The van der Waals surface area contributed by atoms with E-state index in [1.165, 1.54) is 10.4 Å². The largest absolute Gasteiger partial charge is 0.444 e. The Morgan fingerprint density at radius 2 is 2.08 bits per heavy atom. The predicted octanol–water partition coefficient (Wildman–Crippen LogP) is 3.73. The lowest BCUT2D eigenvalue weighted by atomic mass is 10.1. The summed E-state index contributed by atoms with van der Waals surface area (Å²) in [5.74, 6) is 0. The minimum atomic E-state index is -3.74. The Morgan fingerprint density at radius 3 is 2.62 bits per heavy atom. The number of ether oxygens (including phenoxy) is 1. The van der Waals surface area contributed by atoms with E-state index >= 15 is 0 Å². The van der Waals surface area contributed by atoms with Gasteiger partial charge in [0.25, 0.3) is 0 Å². The number of carbonyl (C=O) groups excluding carboxylic acids is 1. The van der Waals surface area contributed by atoms with E-state index in [0.29, 0.717) is 23.7 Å². The van der Waals surface area contributed by atoms with E-state index in [-0.39, 0.29) is 21.8 Å². The van der Waals surface area contributed by atoms with Crippen LogP contribution in [0.4, 0.5) is 4.79 Å². The summed E-state index contributed by atoms with van der Waals surface area (Å²) in [6.45, 7) is 5.86. The molecule has 1 fully saturated rings. The zero-order chi connectivity index (χ0) is 18.1. The molecular formula is C14H20Cl2N2O4S2. The van der Waals surface area contributed by atoms with Crippen molar-refractivity contribution in [1.82, 2.24) is 9.62 Å². The highest BCUT2D eigenvalue weighted by molar-refractivity contribution is 7.89. The third-order valence-corrected chi connectivity index (χ3v) is 6.97. The van der Waals surface area contributed by atoms with Crippen LogP contribution in [0.5, 0.6) is 0 Å². The second kappa shape index (κ2) is 7.37. The van der Waals surface area contributed by atoms with Crippen LogP contribution in [-0.4, -0.2) is 43.5 Å². The molecule has 136 valence electrons. The molecule has 1 aromatic rings. The maximum atomic E-state index is 12.7. The Balaban J connectivity index is 2.07. The molecule has 6 nitrogen and oxygen atoms in total. The molecule has 1 amide bonds. The zero-order valence-corrected chi connectivity index (χ0v) is 16.8. The van der Waals surface area contributed by atoms with Crippen molar-refractivity contribution >= 4 is 50.7 Å². The summed E-state index contributed by atoms with van der Waals surface area (Å²) < 4.78 is 32.4. The Bertz CT molecular complexity index is 713. The molecule has 0 aromatic carbocycles. The summed E-state index contributed by atoms with van der Waals surface area (Å²) in [7, 11) is -3.74. The number of nitrogens with zero attached hydrogens (tertiary/aromatic N) is 1. The normalized spacial score (nSPS) is 20.0. The molecule has 2 heterocycles. The number of hydrogen-bond donors (Lipinski definition) is 1. The van der Waals surface area contributed by atoms with E-state index in [2.05, 4.69) is 5.32 Å². The van der Waals surface area contributed by atoms with Crippen molar-refractivity contribution in [3.63, 3.8) is 0 Å². The number of amides is 1. The molecule has 1 atom stereocenters. The standard InChI is InChI=1S/C14H20Cl2N2O4S2/c1-14(2,3)22-13(19)17-9-5-4-6-18(8-9)24(20,21)10-7-11(15)23-12(10)16/h7,9H,4-6,8H2,1-3H3,(H,17,19). The molecule has 10 heteroatoms. The maximum absolute atomic E-state index is 12.7. The first-order chi connectivity index (χ1) is 11.0. The highest BCUT2D eigenvalue weighted by Crippen LogP contribution is 2.36. The van der Waals surface area contributed by atoms with Crippen LogP contribution >= 0.6 is 34.5 Å². The topological polar surface area (TPSA) is 75.7 Å². The van der Waals surface area contributed by atoms with Crippen molar-refractivity contribution in [3.8, 4) is 0 Å². The number of thiophene rings is 1. The molecule has 1 N–H and O–H groups in total. The first kappa shape index (κ1) is 19.8. The second-order valence-corrected chi connectivity index (χ2v) is 10.7. The summed E-state index contributed by atoms with van der Waals surface area (Å²) >= 11 is 12.8. The first-order valence-electron chi connectivity index (χ1n) is 7.43. The number of alkyl carbamates (subject to hydrolysis) is 1. The molecule has 0 radical (unpaired) electrons. The fourth-order valence-electron chi connectivity index (χ4n) is 2.39. The smallest absolute Gasteiger partial charge is 0.407 e. The highest BCUT2D eigenvalue weighted by Gasteiger charge is 2.33. The van der Waals surface area contributed by atoms with Crippen LogP contribution in [-0.2, 0) is 14.8 Å². The molecule has 24 heavy (non-hydrogen) atoms. The SMILES string of the molecule is CC(C)(C)OC(=O)NC1CCCN(S(=O)(=O)c2cc(Cl)sc2Cl)C1. The molecule has 1 aliphatic rings. The van der Waals surface area contributed by atoms with Crippen LogP contribution in [0.3, 0.4) is 0 Å². The number of piperidine rings is 1. The van der Waals surface area contributed by atoms with Gasteiger partial charge in [-0.15, -0.1) is 11.3 Å². The van der Waals surface area contributed by atoms with E-state index in [0.717, 1.165) is 11.3 Å². The fourth-order valence-corrected chi connectivity index (χ4v) is 6.03. The molecule has 0 spiro atoms. The van der Waals surface area contributed by atoms with E-state index in [1.807, 2.05) is 0 Å². The minimum absolute atomic E-state index is 0.0112. The van der Waals surface area contributed by atoms with Crippen molar-refractivity contribution in [2.45, 2.75) is 50.2 Å². The van der Waals surface area contributed by atoms with Gasteiger partial charge in [-0.3, -0.25) is 0 Å². The van der Waals surface area contributed by atoms with Crippen LogP contribution in [0.25, 0.3) is 0 Å². The molecule has 1 unspecified atom stereocenters. The number of hydrogen-bond acceptors (Lipinski definition) is 5. The Hall–Kier alpha value is -0.540. The number of rotatable bonds is 3. The third-order valence-electron chi connectivity index (χ3n) is 3.35. The van der Waals surface area contributed by atoms with Gasteiger partial charge in [-0.2, -0.15) is 4.31 Å². The lowest BCUT2D eigenvalue weighted by Gasteiger charge is -2.32. The van der Waals surface area contributed by atoms with E-state index < -0.39 is 21.7 Å². The number of halogens is 2. The van der Waals surface area contributed by atoms with Gasteiger partial charge in [0.15, 0.2) is 0 Å². The molecule has 1 saturated heterocycles. The van der Waals surface area contributed by atoms with Crippen molar-refractivity contribution in [2.24, 2.45) is 0 Å². The average Bonchev–Trinajstić information content (AvgIpc) is 2.76. The summed E-state index contributed by atoms with van der Waals surface area (Å²) in [6, 6.07) is 1.05. The quantitative estimate of drug-likeness (QED) is 0.816. The molecule has 0 aliphatic carbocycles. The Kier molecular flexibility index (Phi) is 6.08. The van der Waals surface area contributed by atoms with Crippen LogP contribution in [0.1, 0.15) is 33.6 Å². The maximum Gasteiger partial charge on any atom is 0.407 e. The summed E-state index contributed by atoms with van der Waals surface area (Å²) in [5.41, 5.74) is -0.606. The minimum Gasteiger partial charge on any atom is -0.444 e. The highest BCUT2D eigenvalue weighted by atomic mass is 35.5. The Labute approximate surface area is 156 Å². The van der Waals surface area contributed by atoms with Crippen molar-refractivity contribution in [1.29, 1.82) is 0 Å². The van der Waals surface area contributed by atoms with Gasteiger partial charge in [-0.1, -0.05) is 23.2 Å². The number of carbonyl (C=O) groups is 1. The van der Waals surface area contributed by atoms with Crippen LogP contribution in [0.2, 0.25) is 8.67 Å². The first-order valence-corrected chi connectivity index (χ1v) is 10.4. The molecule has 2 rings (SSSR count). The summed E-state index contributed by atoms with van der Waals surface area (Å²) in [5, 5.41) is 2.73. The molecule has 1 aromatic heterocycles. The molecule has 0 saturated carbocycles. The van der Waals surface area contributed by atoms with Crippen LogP contribution in [0, 0.1) is 0 Å². The van der Waals surface area contributed by atoms with Gasteiger partial charge < -0.3 is 10.1 Å². The predicted molar refractivity (Wildman–Crippen MR) is 95.5 cm³/mol. The lowest BCUT2D eigenvalue weighted by molar-refractivity contribution is 0.0487.